The molecule has 1 amide bonds. The number of thiazole rings is 1. The van der Waals surface area contributed by atoms with E-state index in [0.717, 1.165) is 29.8 Å². The number of aromatic nitrogens is 1. The number of rotatable bonds is 5. The summed E-state index contributed by atoms with van der Waals surface area (Å²) in [4.78, 5) is 17.3. The van der Waals surface area contributed by atoms with Gasteiger partial charge in [-0.15, -0.1) is 11.3 Å². The third-order valence-electron chi connectivity index (χ3n) is 4.30. The molecule has 1 aromatic carbocycles. The Hall–Kier alpha value is -1.72. The largest absolute Gasteiger partial charge is 0.356 e. The first-order valence-corrected chi connectivity index (χ1v) is 9.00. The third kappa shape index (κ3) is 3.79. The maximum absolute atomic E-state index is 12.6. The molecule has 0 fully saturated rings. The summed E-state index contributed by atoms with van der Waals surface area (Å²) in [6, 6.07) is 8.27. The molecule has 3 rings (SSSR count). The number of nitrogens with two attached hydrogens (primary N) is 1. The van der Waals surface area contributed by atoms with E-state index in [1.54, 1.807) is 11.3 Å². The predicted octanol–water partition coefficient (Wildman–Crippen LogP) is 3.20. The number of carbonyl (C=O) groups is 1. The maximum Gasteiger partial charge on any atom is 0.224 e. The number of carbonyl (C=O) groups excluding carboxylic acids is 1. The van der Waals surface area contributed by atoms with Crippen molar-refractivity contribution in [2.75, 3.05) is 6.54 Å². The van der Waals surface area contributed by atoms with Crippen LogP contribution in [0.3, 0.4) is 0 Å². The highest BCUT2D eigenvalue weighted by Gasteiger charge is 2.32. The van der Waals surface area contributed by atoms with E-state index in [0.29, 0.717) is 6.54 Å². The summed E-state index contributed by atoms with van der Waals surface area (Å²) in [5.41, 5.74) is 6.77. The van der Waals surface area contributed by atoms with Gasteiger partial charge in [0, 0.05) is 18.5 Å². The first-order chi connectivity index (χ1) is 11.1. The highest BCUT2D eigenvalue weighted by atomic mass is 32.1. The molecule has 0 spiro atoms. The van der Waals surface area contributed by atoms with Crippen molar-refractivity contribution in [3.05, 3.63) is 41.4 Å². The lowest BCUT2D eigenvalue weighted by Gasteiger charge is -2.26. The molecule has 0 aliphatic heterocycles. The van der Waals surface area contributed by atoms with Crippen molar-refractivity contribution in [3.63, 3.8) is 0 Å². The average Bonchev–Trinajstić information content (AvgIpc) is 2.98. The van der Waals surface area contributed by atoms with Gasteiger partial charge >= 0.3 is 0 Å². The summed E-state index contributed by atoms with van der Waals surface area (Å²) in [5, 5.41) is 4.11. The summed E-state index contributed by atoms with van der Waals surface area (Å²) in [7, 11) is 0. The molecular weight excluding hydrogens is 306 g/mol. The molecule has 1 heterocycles. The molecule has 3 atom stereocenters. The second-order valence-electron chi connectivity index (χ2n) is 6.23. The van der Waals surface area contributed by atoms with Crippen molar-refractivity contribution >= 4 is 27.5 Å². The van der Waals surface area contributed by atoms with Crippen molar-refractivity contribution in [1.82, 2.24) is 10.3 Å². The summed E-state index contributed by atoms with van der Waals surface area (Å²) in [6.45, 7) is 2.60. The van der Waals surface area contributed by atoms with Gasteiger partial charge in [0.15, 0.2) is 0 Å². The standard InChI is InChI=1S/C18H23N3OS/c1-12(19)10-11-20-17(22)13-6-2-3-7-14(13)18-21-15-8-4-5-9-16(15)23-18/h2-5,8-9,12-14H,6-7,10-11,19H2,1H3,(H,20,22). The van der Waals surface area contributed by atoms with E-state index < -0.39 is 0 Å². The molecule has 3 N–H and O–H groups in total. The molecule has 1 aliphatic carbocycles. The molecule has 3 unspecified atom stereocenters. The Bertz CT molecular complexity index is 674. The summed E-state index contributed by atoms with van der Waals surface area (Å²) < 4.78 is 1.19. The van der Waals surface area contributed by atoms with Gasteiger partial charge in [0.05, 0.1) is 21.1 Å². The predicted molar refractivity (Wildman–Crippen MR) is 95.5 cm³/mol. The van der Waals surface area contributed by atoms with Gasteiger partial charge in [0.2, 0.25) is 5.91 Å². The summed E-state index contributed by atoms with van der Waals surface area (Å²) in [6.07, 6.45) is 6.75. The van der Waals surface area contributed by atoms with Crippen LogP contribution in [-0.4, -0.2) is 23.5 Å². The lowest BCUT2D eigenvalue weighted by Crippen LogP contribution is -2.37. The number of allylic oxidation sites excluding steroid dienone is 2. The van der Waals surface area contributed by atoms with Crippen LogP contribution in [0.15, 0.2) is 36.4 Å². The van der Waals surface area contributed by atoms with Crippen LogP contribution in [0, 0.1) is 5.92 Å². The molecule has 0 saturated heterocycles. The van der Waals surface area contributed by atoms with E-state index in [1.165, 1.54) is 4.70 Å². The fourth-order valence-corrected chi connectivity index (χ4v) is 4.13. The fraction of sp³-hybridized carbons (Fsp3) is 0.444. The van der Waals surface area contributed by atoms with Crippen LogP contribution in [0.5, 0.6) is 0 Å². The van der Waals surface area contributed by atoms with Gasteiger partial charge < -0.3 is 11.1 Å². The molecule has 2 aromatic rings. The topological polar surface area (TPSA) is 68.0 Å². The number of hydrogen-bond donors (Lipinski definition) is 2. The van der Waals surface area contributed by atoms with Gasteiger partial charge in [0.25, 0.3) is 0 Å². The van der Waals surface area contributed by atoms with Crippen LogP contribution in [0.4, 0.5) is 0 Å². The summed E-state index contributed by atoms with van der Waals surface area (Å²) in [5.74, 6) is 0.264. The Balaban J connectivity index is 1.76. The fourth-order valence-electron chi connectivity index (χ4n) is 2.98. The molecule has 0 saturated carbocycles. The third-order valence-corrected chi connectivity index (χ3v) is 5.46. The Labute approximate surface area is 140 Å². The van der Waals surface area contributed by atoms with E-state index in [9.17, 15) is 4.79 Å². The molecule has 122 valence electrons. The van der Waals surface area contributed by atoms with Crippen LogP contribution < -0.4 is 11.1 Å². The molecule has 23 heavy (non-hydrogen) atoms. The minimum absolute atomic E-state index is 0.0337. The molecule has 5 heteroatoms. The SMILES string of the molecule is CC(N)CCNC(=O)C1CC=CCC1c1nc2ccccc2s1. The number of nitrogens with zero attached hydrogens (tertiary/aromatic N) is 1. The quantitative estimate of drug-likeness (QED) is 0.828. The van der Waals surface area contributed by atoms with E-state index >= 15 is 0 Å². The second kappa shape index (κ2) is 7.23. The van der Waals surface area contributed by atoms with Crippen molar-refractivity contribution in [2.24, 2.45) is 11.7 Å². The van der Waals surface area contributed by atoms with E-state index in [4.69, 9.17) is 10.7 Å². The lowest BCUT2D eigenvalue weighted by molar-refractivity contribution is -0.125. The zero-order valence-corrected chi connectivity index (χ0v) is 14.2. The van der Waals surface area contributed by atoms with Gasteiger partial charge in [-0.2, -0.15) is 0 Å². The minimum Gasteiger partial charge on any atom is -0.356 e. The minimum atomic E-state index is -0.0337. The molecular formula is C18H23N3OS. The Kier molecular flexibility index (Phi) is 5.08. The first-order valence-electron chi connectivity index (χ1n) is 8.19. The molecule has 0 radical (unpaired) electrons. The number of nitrogens with one attached hydrogen (secondary N) is 1. The molecule has 0 bridgehead atoms. The number of para-hydroxylation sites is 1. The van der Waals surface area contributed by atoms with Crippen molar-refractivity contribution in [3.8, 4) is 0 Å². The maximum atomic E-state index is 12.6. The van der Waals surface area contributed by atoms with E-state index in [-0.39, 0.29) is 23.8 Å². The van der Waals surface area contributed by atoms with E-state index in [1.807, 2.05) is 25.1 Å². The van der Waals surface area contributed by atoms with Crippen LogP contribution in [0.1, 0.15) is 37.1 Å². The van der Waals surface area contributed by atoms with Crippen molar-refractivity contribution in [1.29, 1.82) is 0 Å². The normalized spacial score (nSPS) is 22.2. The van der Waals surface area contributed by atoms with Gasteiger partial charge in [0.1, 0.15) is 0 Å². The molecule has 4 nitrogen and oxygen atoms in total. The van der Waals surface area contributed by atoms with Crippen LogP contribution in [-0.2, 0) is 4.79 Å². The van der Waals surface area contributed by atoms with Crippen molar-refractivity contribution in [2.45, 2.75) is 38.1 Å². The van der Waals surface area contributed by atoms with Gasteiger partial charge in [-0.1, -0.05) is 24.3 Å². The van der Waals surface area contributed by atoms with Gasteiger partial charge in [-0.25, -0.2) is 4.98 Å². The number of benzene rings is 1. The highest BCUT2D eigenvalue weighted by Crippen LogP contribution is 2.38. The Morgan fingerprint density at radius 2 is 2.17 bits per heavy atom. The van der Waals surface area contributed by atoms with Gasteiger partial charge in [-0.05, 0) is 38.3 Å². The molecule has 1 aromatic heterocycles. The highest BCUT2D eigenvalue weighted by molar-refractivity contribution is 7.18. The number of hydrogen-bond acceptors (Lipinski definition) is 4. The van der Waals surface area contributed by atoms with Crippen molar-refractivity contribution < 1.29 is 4.79 Å². The first kappa shape index (κ1) is 16.1. The molecule has 1 aliphatic rings. The average molecular weight is 329 g/mol. The second-order valence-corrected chi connectivity index (χ2v) is 7.29. The zero-order chi connectivity index (χ0) is 16.2. The van der Waals surface area contributed by atoms with Crippen LogP contribution >= 0.6 is 11.3 Å². The number of fused-ring (bicyclic) bond motifs is 1. The zero-order valence-electron chi connectivity index (χ0n) is 13.4. The van der Waals surface area contributed by atoms with E-state index in [2.05, 4.69) is 23.5 Å². The van der Waals surface area contributed by atoms with Crippen LogP contribution in [0.25, 0.3) is 10.2 Å². The van der Waals surface area contributed by atoms with Gasteiger partial charge in [-0.3, -0.25) is 4.79 Å². The lowest BCUT2D eigenvalue weighted by atomic mass is 9.82. The smallest absolute Gasteiger partial charge is 0.224 e. The monoisotopic (exact) mass is 329 g/mol. The number of amides is 1. The Morgan fingerprint density at radius 1 is 1.39 bits per heavy atom. The van der Waals surface area contributed by atoms with Crippen LogP contribution in [0.2, 0.25) is 0 Å². The summed E-state index contributed by atoms with van der Waals surface area (Å²) >= 11 is 1.71. The Morgan fingerprint density at radius 3 is 2.96 bits per heavy atom.